The second kappa shape index (κ2) is 6.77. The lowest BCUT2D eigenvalue weighted by Gasteiger charge is -2.19. The molecule has 0 radical (unpaired) electrons. The van der Waals surface area contributed by atoms with E-state index in [1.165, 1.54) is 5.56 Å². The standard InChI is InChI=1S/C13H25N3O/c1-5-13(12-8-15-16(4)9-12)14-7-10(2)6-11(3)17/h8-11,13-14,17H,5-7H2,1-4H3. The van der Waals surface area contributed by atoms with E-state index >= 15 is 0 Å². The van der Waals surface area contributed by atoms with Crippen LogP contribution in [-0.4, -0.2) is 27.5 Å². The molecule has 4 nitrogen and oxygen atoms in total. The van der Waals surface area contributed by atoms with E-state index in [0.717, 1.165) is 19.4 Å². The first-order valence-corrected chi connectivity index (χ1v) is 6.42. The summed E-state index contributed by atoms with van der Waals surface area (Å²) in [4.78, 5) is 0. The largest absolute Gasteiger partial charge is 0.393 e. The Labute approximate surface area is 104 Å². The Hall–Kier alpha value is -0.870. The topological polar surface area (TPSA) is 50.1 Å². The van der Waals surface area contributed by atoms with Gasteiger partial charge in [0.05, 0.1) is 12.3 Å². The Bertz CT molecular complexity index is 322. The van der Waals surface area contributed by atoms with Crippen LogP contribution in [0.3, 0.4) is 0 Å². The Morgan fingerprint density at radius 3 is 2.65 bits per heavy atom. The van der Waals surface area contributed by atoms with Gasteiger partial charge in [-0.15, -0.1) is 0 Å². The SMILES string of the molecule is CCC(NCC(C)CC(C)O)c1cnn(C)c1. The molecule has 0 aliphatic rings. The van der Waals surface area contributed by atoms with Crippen LogP contribution in [0.4, 0.5) is 0 Å². The molecule has 17 heavy (non-hydrogen) atoms. The molecule has 2 N–H and O–H groups in total. The van der Waals surface area contributed by atoms with Crippen LogP contribution in [0.1, 0.15) is 45.2 Å². The van der Waals surface area contributed by atoms with Gasteiger partial charge in [-0.2, -0.15) is 5.10 Å². The zero-order valence-corrected chi connectivity index (χ0v) is 11.3. The smallest absolute Gasteiger partial charge is 0.0537 e. The Morgan fingerprint density at radius 2 is 2.18 bits per heavy atom. The van der Waals surface area contributed by atoms with Crippen LogP contribution in [-0.2, 0) is 7.05 Å². The highest BCUT2D eigenvalue weighted by Gasteiger charge is 2.13. The summed E-state index contributed by atoms with van der Waals surface area (Å²) in [5.41, 5.74) is 1.24. The molecule has 0 amide bonds. The molecule has 0 bridgehead atoms. The molecule has 0 aliphatic heterocycles. The molecule has 0 spiro atoms. The number of aryl methyl sites for hydroxylation is 1. The molecule has 3 atom stereocenters. The average molecular weight is 239 g/mol. The minimum atomic E-state index is -0.217. The van der Waals surface area contributed by atoms with Gasteiger partial charge < -0.3 is 10.4 Å². The molecule has 0 aliphatic carbocycles. The van der Waals surface area contributed by atoms with E-state index in [-0.39, 0.29) is 6.10 Å². The summed E-state index contributed by atoms with van der Waals surface area (Å²) in [6.07, 6.45) is 5.65. The van der Waals surface area contributed by atoms with E-state index in [2.05, 4.69) is 30.5 Å². The van der Waals surface area contributed by atoms with E-state index in [1.807, 2.05) is 24.9 Å². The van der Waals surface area contributed by atoms with Crippen LogP contribution >= 0.6 is 0 Å². The first-order chi connectivity index (χ1) is 8.02. The lowest BCUT2D eigenvalue weighted by molar-refractivity contribution is 0.162. The first-order valence-electron chi connectivity index (χ1n) is 6.42. The monoisotopic (exact) mass is 239 g/mol. The van der Waals surface area contributed by atoms with Crippen molar-refractivity contribution in [1.82, 2.24) is 15.1 Å². The third-order valence-electron chi connectivity index (χ3n) is 2.99. The fraction of sp³-hybridized carbons (Fsp3) is 0.769. The third kappa shape index (κ3) is 4.88. The highest BCUT2D eigenvalue weighted by Crippen LogP contribution is 2.16. The van der Waals surface area contributed by atoms with Gasteiger partial charge >= 0.3 is 0 Å². The summed E-state index contributed by atoms with van der Waals surface area (Å²) in [6.45, 7) is 7.10. The number of aromatic nitrogens is 2. The summed E-state index contributed by atoms with van der Waals surface area (Å²) < 4.78 is 1.83. The summed E-state index contributed by atoms with van der Waals surface area (Å²) in [5.74, 6) is 0.487. The predicted molar refractivity (Wildman–Crippen MR) is 69.7 cm³/mol. The van der Waals surface area contributed by atoms with Gasteiger partial charge in [0.2, 0.25) is 0 Å². The van der Waals surface area contributed by atoms with Crippen LogP contribution in [0.25, 0.3) is 0 Å². The van der Waals surface area contributed by atoms with Crippen LogP contribution in [0.15, 0.2) is 12.4 Å². The normalized spacial score (nSPS) is 16.8. The lowest BCUT2D eigenvalue weighted by Crippen LogP contribution is -2.27. The summed E-state index contributed by atoms with van der Waals surface area (Å²) in [7, 11) is 1.94. The van der Waals surface area contributed by atoms with Gasteiger partial charge in [0, 0.05) is 24.8 Å². The second-order valence-electron chi connectivity index (χ2n) is 5.01. The van der Waals surface area contributed by atoms with Crippen molar-refractivity contribution < 1.29 is 5.11 Å². The fourth-order valence-corrected chi connectivity index (χ4v) is 2.13. The maximum Gasteiger partial charge on any atom is 0.0537 e. The van der Waals surface area contributed by atoms with Gasteiger partial charge in [0.25, 0.3) is 0 Å². The maximum atomic E-state index is 9.32. The maximum absolute atomic E-state index is 9.32. The predicted octanol–water partition coefficient (Wildman–Crippen LogP) is 1.87. The van der Waals surface area contributed by atoms with Gasteiger partial charge in [-0.1, -0.05) is 13.8 Å². The third-order valence-corrected chi connectivity index (χ3v) is 2.99. The molecule has 0 saturated heterocycles. The molecule has 98 valence electrons. The summed E-state index contributed by atoms with van der Waals surface area (Å²) in [5, 5.41) is 17.1. The molecule has 0 saturated carbocycles. The number of nitrogens with one attached hydrogen (secondary N) is 1. The van der Waals surface area contributed by atoms with Crippen LogP contribution in [0.2, 0.25) is 0 Å². The molecule has 1 aromatic heterocycles. The Kier molecular flexibility index (Phi) is 5.65. The van der Waals surface area contributed by atoms with E-state index in [4.69, 9.17) is 0 Å². The summed E-state index contributed by atoms with van der Waals surface area (Å²) >= 11 is 0. The molecular weight excluding hydrogens is 214 g/mol. The van der Waals surface area contributed by atoms with Gasteiger partial charge in [-0.25, -0.2) is 0 Å². The second-order valence-corrected chi connectivity index (χ2v) is 5.01. The molecule has 1 aromatic rings. The van der Waals surface area contributed by atoms with Crippen molar-refractivity contribution in [2.45, 2.75) is 45.8 Å². The number of rotatable bonds is 7. The minimum Gasteiger partial charge on any atom is -0.393 e. The highest BCUT2D eigenvalue weighted by molar-refractivity contribution is 5.09. The summed E-state index contributed by atoms with van der Waals surface area (Å²) in [6, 6.07) is 0.361. The number of hydrogen-bond donors (Lipinski definition) is 2. The van der Waals surface area contributed by atoms with Gasteiger partial charge in [-0.05, 0) is 32.2 Å². The van der Waals surface area contributed by atoms with Crippen LogP contribution < -0.4 is 5.32 Å². The van der Waals surface area contributed by atoms with Crippen molar-refractivity contribution in [2.75, 3.05) is 6.54 Å². The molecule has 3 unspecified atom stereocenters. The Balaban J connectivity index is 2.42. The quantitative estimate of drug-likeness (QED) is 0.763. The molecule has 0 fully saturated rings. The van der Waals surface area contributed by atoms with Crippen molar-refractivity contribution >= 4 is 0 Å². The van der Waals surface area contributed by atoms with Gasteiger partial charge in [0.1, 0.15) is 0 Å². The van der Waals surface area contributed by atoms with Crippen molar-refractivity contribution in [3.63, 3.8) is 0 Å². The van der Waals surface area contributed by atoms with E-state index in [1.54, 1.807) is 0 Å². The van der Waals surface area contributed by atoms with Crippen LogP contribution in [0, 0.1) is 5.92 Å². The molecule has 4 heteroatoms. The van der Waals surface area contributed by atoms with Gasteiger partial charge in [0.15, 0.2) is 0 Å². The van der Waals surface area contributed by atoms with Crippen molar-refractivity contribution in [2.24, 2.45) is 13.0 Å². The lowest BCUT2D eigenvalue weighted by atomic mass is 10.0. The van der Waals surface area contributed by atoms with Crippen LogP contribution in [0.5, 0.6) is 0 Å². The molecular formula is C13H25N3O. The molecule has 0 aromatic carbocycles. The fourth-order valence-electron chi connectivity index (χ4n) is 2.13. The average Bonchev–Trinajstić information content (AvgIpc) is 2.65. The van der Waals surface area contributed by atoms with Crippen molar-refractivity contribution in [1.29, 1.82) is 0 Å². The minimum absolute atomic E-state index is 0.217. The van der Waals surface area contributed by atoms with Crippen molar-refractivity contribution in [3.8, 4) is 0 Å². The molecule has 1 heterocycles. The van der Waals surface area contributed by atoms with E-state index in [0.29, 0.717) is 12.0 Å². The van der Waals surface area contributed by atoms with E-state index in [9.17, 15) is 5.11 Å². The zero-order valence-electron chi connectivity index (χ0n) is 11.3. The number of nitrogens with zero attached hydrogens (tertiary/aromatic N) is 2. The first kappa shape index (κ1) is 14.2. The highest BCUT2D eigenvalue weighted by atomic mass is 16.3. The number of aliphatic hydroxyl groups is 1. The zero-order chi connectivity index (χ0) is 12.8. The van der Waals surface area contributed by atoms with E-state index < -0.39 is 0 Å². The Morgan fingerprint density at radius 1 is 1.47 bits per heavy atom. The molecule has 1 rings (SSSR count). The van der Waals surface area contributed by atoms with Crippen molar-refractivity contribution in [3.05, 3.63) is 18.0 Å². The number of aliphatic hydroxyl groups excluding tert-OH is 1. The number of hydrogen-bond acceptors (Lipinski definition) is 3. The van der Waals surface area contributed by atoms with Gasteiger partial charge in [-0.3, -0.25) is 4.68 Å².